The quantitative estimate of drug-likeness (QED) is 0.413. The van der Waals surface area contributed by atoms with Gasteiger partial charge in [0.1, 0.15) is 18.3 Å². The van der Waals surface area contributed by atoms with Gasteiger partial charge in [-0.15, -0.1) is 12.3 Å². The van der Waals surface area contributed by atoms with E-state index in [1.165, 1.54) is 0 Å². The largest absolute Gasteiger partial charge is 0.394 e. The normalized spacial score (nSPS) is 33.9. The molecule has 92 valence electrons. The molecule has 1 fully saturated rings. The molecule has 16 heavy (non-hydrogen) atoms. The number of rotatable bonds is 6. The standard InChI is InChI=1S/C11H18O5/c1-2-3-4-5-6-15-11-10(14)9(13)8(7-12)16-11/h1,8-14H,3-7H2/t8-,9-,10-,11+/m1/s1. The van der Waals surface area contributed by atoms with Crippen molar-refractivity contribution < 1.29 is 24.8 Å². The fourth-order valence-electron chi connectivity index (χ4n) is 1.53. The predicted octanol–water partition coefficient (Wildman–Crippen LogP) is -0.755. The molecule has 0 aromatic heterocycles. The van der Waals surface area contributed by atoms with Gasteiger partial charge in [-0.25, -0.2) is 0 Å². The Balaban J connectivity index is 2.20. The second-order valence-electron chi connectivity index (χ2n) is 3.74. The highest BCUT2D eigenvalue weighted by Gasteiger charge is 2.42. The van der Waals surface area contributed by atoms with Gasteiger partial charge in [-0.3, -0.25) is 0 Å². The van der Waals surface area contributed by atoms with Crippen molar-refractivity contribution in [2.24, 2.45) is 0 Å². The third kappa shape index (κ3) is 3.44. The Labute approximate surface area is 95.0 Å². The Morgan fingerprint density at radius 2 is 2.00 bits per heavy atom. The molecule has 0 unspecified atom stereocenters. The van der Waals surface area contributed by atoms with E-state index in [4.69, 9.17) is 21.0 Å². The molecule has 0 aliphatic carbocycles. The fourth-order valence-corrected chi connectivity index (χ4v) is 1.53. The van der Waals surface area contributed by atoms with E-state index < -0.39 is 24.6 Å². The molecule has 0 radical (unpaired) electrons. The van der Waals surface area contributed by atoms with Crippen LogP contribution in [-0.4, -0.2) is 53.1 Å². The summed E-state index contributed by atoms with van der Waals surface area (Å²) in [6.07, 6.45) is 3.58. The lowest BCUT2D eigenvalue weighted by Crippen LogP contribution is -2.34. The first-order chi connectivity index (χ1) is 7.70. The molecule has 1 saturated heterocycles. The van der Waals surface area contributed by atoms with E-state index in [0.717, 1.165) is 12.8 Å². The van der Waals surface area contributed by atoms with Crippen molar-refractivity contribution in [2.45, 2.75) is 43.9 Å². The lowest BCUT2D eigenvalue weighted by Gasteiger charge is -2.15. The summed E-state index contributed by atoms with van der Waals surface area (Å²) in [4.78, 5) is 0. The molecule has 0 bridgehead atoms. The maximum absolute atomic E-state index is 9.52. The van der Waals surface area contributed by atoms with Crippen LogP contribution in [0.2, 0.25) is 0 Å². The van der Waals surface area contributed by atoms with Crippen molar-refractivity contribution in [2.75, 3.05) is 13.2 Å². The van der Waals surface area contributed by atoms with Crippen LogP contribution >= 0.6 is 0 Å². The number of hydrogen-bond donors (Lipinski definition) is 3. The minimum absolute atomic E-state index is 0.338. The van der Waals surface area contributed by atoms with E-state index >= 15 is 0 Å². The van der Waals surface area contributed by atoms with Crippen molar-refractivity contribution in [3.05, 3.63) is 0 Å². The van der Waals surface area contributed by atoms with Crippen LogP contribution in [0.25, 0.3) is 0 Å². The van der Waals surface area contributed by atoms with E-state index in [-0.39, 0.29) is 6.61 Å². The topological polar surface area (TPSA) is 79.2 Å². The minimum Gasteiger partial charge on any atom is -0.394 e. The van der Waals surface area contributed by atoms with Gasteiger partial charge in [-0.1, -0.05) is 0 Å². The lowest BCUT2D eigenvalue weighted by molar-refractivity contribution is -0.169. The van der Waals surface area contributed by atoms with Gasteiger partial charge in [0.15, 0.2) is 6.29 Å². The summed E-state index contributed by atoms with van der Waals surface area (Å²) in [6.45, 7) is 0.0729. The van der Waals surface area contributed by atoms with E-state index in [0.29, 0.717) is 13.0 Å². The van der Waals surface area contributed by atoms with Crippen LogP contribution in [0, 0.1) is 12.3 Å². The maximum Gasteiger partial charge on any atom is 0.186 e. The molecule has 0 aromatic carbocycles. The van der Waals surface area contributed by atoms with E-state index in [9.17, 15) is 10.2 Å². The zero-order valence-electron chi connectivity index (χ0n) is 9.08. The summed E-state index contributed by atoms with van der Waals surface area (Å²) >= 11 is 0. The summed E-state index contributed by atoms with van der Waals surface area (Å²) in [6, 6.07) is 0. The maximum atomic E-state index is 9.52. The molecular weight excluding hydrogens is 212 g/mol. The minimum atomic E-state index is -1.11. The first-order valence-corrected chi connectivity index (χ1v) is 5.38. The molecule has 0 saturated carbocycles. The van der Waals surface area contributed by atoms with Crippen molar-refractivity contribution >= 4 is 0 Å². The second kappa shape index (κ2) is 6.84. The van der Waals surface area contributed by atoms with Gasteiger partial charge in [0.25, 0.3) is 0 Å². The van der Waals surface area contributed by atoms with Crippen molar-refractivity contribution in [1.82, 2.24) is 0 Å². The average molecular weight is 230 g/mol. The van der Waals surface area contributed by atoms with Crippen LogP contribution in [0.15, 0.2) is 0 Å². The van der Waals surface area contributed by atoms with Crippen molar-refractivity contribution in [3.63, 3.8) is 0 Å². The van der Waals surface area contributed by atoms with Gasteiger partial charge in [-0.05, 0) is 12.8 Å². The van der Waals surface area contributed by atoms with Crippen LogP contribution < -0.4 is 0 Å². The Bertz CT molecular complexity index is 237. The molecule has 0 spiro atoms. The molecule has 1 aliphatic heterocycles. The zero-order valence-corrected chi connectivity index (χ0v) is 9.08. The first kappa shape index (κ1) is 13.4. The average Bonchev–Trinajstić information content (AvgIpc) is 2.56. The Kier molecular flexibility index (Phi) is 5.74. The highest BCUT2D eigenvalue weighted by molar-refractivity contribution is 4.86. The number of aliphatic hydroxyl groups is 3. The highest BCUT2D eigenvalue weighted by Crippen LogP contribution is 2.22. The molecule has 3 N–H and O–H groups in total. The molecule has 5 nitrogen and oxygen atoms in total. The Hall–Kier alpha value is -0.640. The molecule has 1 aliphatic rings. The van der Waals surface area contributed by atoms with Crippen LogP contribution in [-0.2, 0) is 9.47 Å². The molecule has 1 heterocycles. The molecule has 0 amide bonds. The summed E-state index contributed by atoms with van der Waals surface area (Å²) < 4.78 is 10.4. The lowest BCUT2D eigenvalue weighted by atomic mass is 10.1. The van der Waals surface area contributed by atoms with E-state index in [1.807, 2.05) is 0 Å². The third-order valence-electron chi connectivity index (χ3n) is 2.50. The number of hydrogen-bond acceptors (Lipinski definition) is 5. The van der Waals surface area contributed by atoms with Crippen molar-refractivity contribution in [3.8, 4) is 12.3 Å². The van der Waals surface area contributed by atoms with E-state index in [2.05, 4.69) is 5.92 Å². The summed E-state index contributed by atoms with van der Waals surface area (Å²) in [5.74, 6) is 2.52. The van der Waals surface area contributed by atoms with E-state index in [1.54, 1.807) is 0 Å². The third-order valence-corrected chi connectivity index (χ3v) is 2.50. The predicted molar refractivity (Wildman–Crippen MR) is 56.4 cm³/mol. The van der Waals surface area contributed by atoms with Gasteiger partial charge in [0.05, 0.1) is 6.61 Å². The molecule has 4 atom stereocenters. The van der Waals surface area contributed by atoms with Gasteiger partial charge >= 0.3 is 0 Å². The van der Waals surface area contributed by atoms with Crippen molar-refractivity contribution in [1.29, 1.82) is 0 Å². The summed E-state index contributed by atoms with van der Waals surface area (Å²) in [5.41, 5.74) is 0. The number of aliphatic hydroxyl groups excluding tert-OH is 3. The first-order valence-electron chi connectivity index (χ1n) is 5.38. The van der Waals surface area contributed by atoms with Gasteiger partial charge in [-0.2, -0.15) is 0 Å². The Morgan fingerprint density at radius 3 is 2.56 bits per heavy atom. The molecule has 5 heteroatoms. The SMILES string of the molecule is C#CCCCCO[C@H]1O[C@H](CO)[C@@H](O)[C@H]1O. The second-order valence-corrected chi connectivity index (χ2v) is 3.74. The smallest absolute Gasteiger partial charge is 0.186 e. The number of ether oxygens (including phenoxy) is 2. The van der Waals surface area contributed by atoms with Crippen LogP contribution in [0.1, 0.15) is 19.3 Å². The Morgan fingerprint density at radius 1 is 1.25 bits per heavy atom. The number of terminal acetylenes is 1. The monoisotopic (exact) mass is 230 g/mol. The van der Waals surface area contributed by atoms with Gasteiger partial charge < -0.3 is 24.8 Å². The van der Waals surface area contributed by atoms with Crippen LogP contribution in [0.4, 0.5) is 0 Å². The van der Waals surface area contributed by atoms with Crippen LogP contribution in [0.5, 0.6) is 0 Å². The molecule has 0 aromatic rings. The summed E-state index contributed by atoms with van der Waals surface area (Å²) in [5, 5.41) is 27.8. The molecule has 1 rings (SSSR count). The summed E-state index contributed by atoms with van der Waals surface area (Å²) in [7, 11) is 0. The number of unbranched alkanes of at least 4 members (excludes halogenated alkanes) is 2. The van der Waals surface area contributed by atoms with Gasteiger partial charge in [0.2, 0.25) is 0 Å². The van der Waals surface area contributed by atoms with Gasteiger partial charge in [0, 0.05) is 13.0 Å². The fraction of sp³-hybridized carbons (Fsp3) is 0.818. The zero-order chi connectivity index (χ0) is 12.0. The molecular formula is C11H18O5. The van der Waals surface area contributed by atoms with Crippen LogP contribution in [0.3, 0.4) is 0 Å². The highest BCUT2D eigenvalue weighted by atomic mass is 16.7.